The number of hydrogen-bond acceptors (Lipinski definition) is 2. The standard InChI is InChI=1S/C7H7FN2S.CH4/c8-6-3-1-5(2-4-6)7(11)10-9;/h1-4H,9H2,(H,10,11);1H4. The molecule has 0 saturated carbocycles. The molecule has 1 aromatic rings. The van der Waals surface area contributed by atoms with Crippen molar-refractivity contribution in [3.63, 3.8) is 0 Å². The van der Waals surface area contributed by atoms with E-state index in [2.05, 4.69) is 5.43 Å². The van der Waals surface area contributed by atoms with Crippen LogP contribution in [0.4, 0.5) is 4.39 Å². The fourth-order valence-electron chi connectivity index (χ4n) is 0.685. The molecular formula is C8H11FN2S. The van der Waals surface area contributed by atoms with Gasteiger partial charge in [0.15, 0.2) is 0 Å². The van der Waals surface area contributed by atoms with E-state index in [1.807, 2.05) is 0 Å². The average Bonchev–Trinajstić information content (AvgIpc) is 2.05. The van der Waals surface area contributed by atoms with Crippen LogP contribution in [-0.4, -0.2) is 4.99 Å². The lowest BCUT2D eigenvalue weighted by atomic mass is 10.2. The molecule has 0 aromatic heterocycles. The van der Waals surface area contributed by atoms with Crippen molar-refractivity contribution >= 4 is 17.2 Å². The Morgan fingerprint density at radius 3 is 2.25 bits per heavy atom. The zero-order valence-electron chi connectivity index (χ0n) is 5.67. The number of thiocarbonyl (C=S) groups is 1. The van der Waals surface area contributed by atoms with E-state index in [-0.39, 0.29) is 13.2 Å². The van der Waals surface area contributed by atoms with Gasteiger partial charge in [0, 0.05) is 5.56 Å². The van der Waals surface area contributed by atoms with E-state index in [9.17, 15) is 4.39 Å². The van der Waals surface area contributed by atoms with Crippen LogP contribution in [0, 0.1) is 5.82 Å². The zero-order valence-corrected chi connectivity index (χ0v) is 6.49. The van der Waals surface area contributed by atoms with Crippen LogP contribution >= 0.6 is 12.2 Å². The molecule has 0 aliphatic carbocycles. The Bertz CT molecular complexity index is 258. The van der Waals surface area contributed by atoms with E-state index in [1.54, 1.807) is 12.1 Å². The predicted molar refractivity (Wildman–Crippen MR) is 52.2 cm³/mol. The number of nitrogens with one attached hydrogen (secondary N) is 1. The van der Waals surface area contributed by atoms with Crippen molar-refractivity contribution in [2.45, 2.75) is 7.43 Å². The van der Waals surface area contributed by atoms with Crippen LogP contribution in [0.3, 0.4) is 0 Å². The second kappa shape index (κ2) is 4.79. The SMILES string of the molecule is C.NNC(=S)c1ccc(F)cc1. The molecule has 0 radical (unpaired) electrons. The number of hydrazine groups is 1. The van der Waals surface area contributed by atoms with Gasteiger partial charge >= 0.3 is 0 Å². The lowest BCUT2D eigenvalue weighted by Crippen LogP contribution is -2.28. The van der Waals surface area contributed by atoms with Crippen molar-refractivity contribution < 1.29 is 4.39 Å². The first-order chi connectivity index (χ1) is 5.24. The summed E-state index contributed by atoms with van der Waals surface area (Å²) >= 11 is 4.81. The van der Waals surface area contributed by atoms with Crippen molar-refractivity contribution in [1.29, 1.82) is 0 Å². The Labute approximate surface area is 76.6 Å². The van der Waals surface area contributed by atoms with Crippen LogP contribution in [0.2, 0.25) is 0 Å². The Morgan fingerprint density at radius 2 is 1.83 bits per heavy atom. The van der Waals surface area contributed by atoms with E-state index >= 15 is 0 Å². The van der Waals surface area contributed by atoms with Gasteiger partial charge in [-0.2, -0.15) is 0 Å². The Kier molecular flexibility index (Phi) is 4.39. The minimum Gasteiger partial charge on any atom is -0.314 e. The molecule has 0 fully saturated rings. The fraction of sp³-hybridized carbons (Fsp3) is 0.125. The monoisotopic (exact) mass is 186 g/mol. The third-order valence-electron chi connectivity index (χ3n) is 1.24. The molecule has 0 aliphatic rings. The molecule has 0 amide bonds. The maximum absolute atomic E-state index is 12.4. The summed E-state index contributed by atoms with van der Waals surface area (Å²) in [6.45, 7) is 0. The van der Waals surface area contributed by atoms with Gasteiger partial charge in [-0.15, -0.1) is 0 Å². The molecule has 0 unspecified atom stereocenters. The Morgan fingerprint density at radius 1 is 1.33 bits per heavy atom. The molecule has 66 valence electrons. The molecule has 0 aliphatic heterocycles. The quantitative estimate of drug-likeness (QED) is 0.397. The van der Waals surface area contributed by atoms with E-state index in [0.29, 0.717) is 10.6 Å². The van der Waals surface area contributed by atoms with Gasteiger partial charge in [-0.05, 0) is 24.3 Å². The fourth-order valence-corrected chi connectivity index (χ4v) is 0.821. The Balaban J connectivity index is 0.00000121. The summed E-state index contributed by atoms with van der Waals surface area (Å²) in [7, 11) is 0. The first-order valence-corrected chi connectivity index (χ1v) is 3.41. The van der Waals surface area contributed by atoms with Crippen LogP contribution < -0.4 is 11.3 Å². The van der Waals surface area contributed by atoms with Gasteiger partial charge in [-0.3, -0.25) is 0 Å². The topological polar surface area (TPSA) is 38.0 Å². The number of halogens is 1. The molecule has 2 nitrogen and oxygen atoms in total. The van der Waals surface area contributed by atoms with Gasteiger partial charge in [-0.25, -0.2) is 10.2 Å². The highest BCUT2D eigenvalue weighted by Crippen LogP contribution is 2.02. The highest BCUT2D eigenvalue weighted by molar-refractivity contribution is 7.80. The number of rotatable bonds is 1. The molecule has 1 rings (SSSR count). The summed E-state index contributed by atoms with van der Waals surface area (Å²) in [5, 5.41) is 0. The number of benzene rings is 1. The van der Waals surface area contributed by atoms with Crippen molar-refractivity contribution in [2.24, 2.45) is 5.84 Å². The van der Waals surface area contributed by atoms with Crippen molar-refractivity contribution in [3.05, 3.63) is 35.6 Å². The summed E-state index contributed by atoms with van der Waals surface area (Å²) < 4.78 is 12.4. The zero-order chi connectivity index (χ0) is 8.27. The molecule has 12 heavy (non-hydrogen) atoms. The van der Waals surface area contributed by atoms with Gasteiger partial charge in [0.05, 0.1) is 0 Å². The largest absolute Gasteiger partial charge is 0.314 e. The lowest BCUT2D eigenvalue weighted by Gasteiger charge is -2.00. The predicted octanol–water partition coefficient (Wildman–Crippen LogP) is 1.60. The van der Waals surface area contributed by atoms with Crippen molar-refractivity contribution in [3.8, 4) is 0 Å². The van der Waals surface area contributed by atoms with Crippen LogP contribution in [-0.2, 0) is 0 Å². The van der Waals surface area contributed by atoms with Gasteiger partial charge in [0.25, 0.3) is 0 Å². The van der Waals surface area contributed by atoms with E-state index in [4.69, 9.17) is 18.1 Å². The molecule has 0 atom stereocenters. The molecule has 0 bridgehead atoms. The maximum Gasteiger partial charge on any atom is 0.123 e. The minimum atomic E-state index is -0.284. The van der Waals surface area contributed by atoms with Gasteiger partial charge in [-0.1, -0.05) is 19.6 Å². The summed E-state index contributed by atoms with van der Waals surface area (Å²) in [5.74, 6) is 4.77. The summed E-state index contributed by atoms with van der Waals surface area (Å²) in [4.78, 5) is 0.407. The summed E-state index contributed by atoms with van der Waals surface area (Å²) in [6.07, 6.45) is 0. The summed E-state index contributed by atoms with van der Waals surface area (Å²) in [6, 6.07) is 5.80. The van der Waals surface area contributed by atoms with E-state index in [1.165, 1.54) is 12.1 Å². The minimum absolute atomic E-state index is 0. The lowest BCUT2D eigenvalue weighted by molar-refractivity contribution is 0.627. The number of hydrogen-bond donors (Lipinski definition) is 2. The van der Waals surface area contributed by atoms with E-state index in [0.717, 1.165) is 0 Å². The normalized spacial score (nSPS) is 8.50. The molecule has 4 heteroatoms. The Hall–Kier alpha value is -1.00. The van der Waals surface area contributed by atoms with Gasteiger partial charge in [0.2, 0.25) is 0 Å². The third-order valence-corrected chi connectivity index (χ3v) is 1.59. The van der Waals surface area contributed by atoms with Gasteiger partial charge < -0.3 is 5.43 Å². The maximum atomic E-state index is 12.4. The highest BCUT2D eigenvalue weighted by atomic mass is 32.1. The van der Waals surface area contributed by atoms with Crippen LogP contribution in [0.25, 0.3) is 0 Å². The van der Waals surface area contributed by atoms with Crippen LogP contribution in [0.15, 0.2) is 24.3 Å². The average molecular weight is 186 g/mol. The molecule has 0 saturated heterocycles. The molecule has 3 N–H and O–H groups in total. The first kappa shape index (κ1) is 11.0. The second-order valence-electron chi connectivity index (χ2n) is 1.98. The molecular weight excluding hydrogens is 175 g/mol. The number of nitrogens with two attached hydrogens (primary N) is 1. The third kappa shape index (κ3) is 2.56. The van der Waals surface area contributed by atoms with Crippen molar-refractivity contribution in [1.82, 2.24) is 5.43 Å². The van der Waals surface area contributed by atoms with Crippen LogP contribution in [0.5, 0.6) is 0 Å². The molecule has 0 spiro atoms. The van der Waals surface area contributed by atoms with Gasteiger partial charge in [0.1, 0.15) is 10.8 Å². The second-order valence-corrected chi connectivity index (χ2v) is 2.39. The summed E-state index contributed by atoms with van der Waals surface area (Å²) in [5.41, 5.74) is 3.02. The molecule has 1 aromatic carbocycles. The molecule has 0 heterocycles. The highest BCUT2D eigenvalue weighted by Gasteiger charge is 1.96. The van der Waals surface area contributed by atoms with Crippen molar-refractivity contribution in [2.75, 3.05) is 0 Å². The smallest absolute Gasteiger partial charge is 0.123 e. The van der Waals surface area contributed by atoms with E-state index < -0.39 is 0 Å². The first-order valence-electron chi connectivity index (χ1n) is 3.00. The van der Waals surface area contributed by atoms with Crippen LogP contribution in [0.1, 0.15) is 13.0 Å².